The lowest BCUT2D eigenvalue weighted by molar-refractivity contribution is -0.384. The Bertz CT molecular complexity index is 964. The summed E-state index contributed by atoms with van der Waals surface area (Å²) in [6, 6.07) is 15.2. The highest BCUT2D eigenvalue weighted by Crippen LogP contribution is 2.29. The molecule has 1 saturated heterocycles. The summed E-state index contributed by atoms with van der Waals surface area (Å²) in [7, 11) is 0. The summed E-state index contributed by atoms with van der Waals surface area (Å²) in [6.45, 7) is 0.885. The van der Waals surface area contributed by atoms with Crippen LogP contribution in [0.4, 0.5) is 5.69 Å². The molecule has 0 radical (unpaired) electrons. The van der Waals surface area contributed by atoms with Crippen LogP contribution in [-0.2, 0) is 0 Å². The minimum Gasteiger partial charge on any atom is -0.339 e. The van der Waals surface area contributed by atoms with E-state index in [-0.39, 0.29) is 17.5 Å². The van der Waals surface area contributed by atoms with Gasteiger partial charge in [-0.05, 0) is 6.07 Å². The van der Waals surface area contributed by atoms with Crippen LogP contribution in [0, 0.1) is 10.1 Å². The molecule has 2 aromatic carbocycles. The highest BCUT2D eigenvalue weighted by Gasteiger charge is 2.36. The zero-order valence-electron chi connectivity index (χ0n) is 13.6. The van der Waals surface area contributed by atoms with Crippen LogP contribution < -0.4 is 0 Å². The van der Waals surface area contributed by atoms with Gasteiger partial charge in [-0.2, -0.15) is 4.98 Å². The fourth-order valence-electron chi connectivity index (χ4n) is 2.84. The number of nitrogens with zero attached hydrogens (tertiary/aromatic N) is 4. The number of non-ortho nitro benzene ring substituents is 1. The van der Waals surface area contributed by atoms with Gasteiger partial charge in [0.2, 0.25) is 11.7 Å². The van der Waals surface area contributed by atoms with E-state index in [1.165, 1.54) is 18.2 Å². The Morgan fingerprint density at radius 3 is 2.65 bits per heavy atom. The first-order valence-electron chi connectivity index (χ1n) is 8.04. The molecular formula is C18H14N4O4. The number of rotatable bonds is 4. The van der Waals surface area contributed by atoms with Crippen LogP contribution in [0.5, 0.6) is 0 Å². The number of carbonyl (C=O) groups is 1. The molecule has 2 heterocycles. The highest BCUT2D eigenvalue weighted by atomic mass is 16.6. The third kappa shape index (κ3) is 2.92. The zero-order valence-corrected chi connectivity index (χ0v) is 13.6. The predicted molar refractivity (Wildman–Crippen MR) is 91.5 cm³/mol. The molecule has 8 heteroatoms. The molecule has 0 N–H and O–H groups in total. The predicted octanol–water partition coefficient (Wildman–Crippen LogP) is 2.88. The SMILES string of the molecule is O=C(c1cccc([N+](=O)[O-])c1)N1CC(c2nc(-c3ccccc3)no2)C1. The summed E-state index contributed by atoms with van der Waals surface area (Å²) in [5, 5.41) is 14.8. The second kappa shape index (κ2) is 6.40. The summed E-state index contributed by atoms with van der Waals surface area (Å²) in [5.41, 5.74) is 1.07. The van der Waals surface area contributed by atoms with Crippen molar-refractivity contribution in [2.24, 2.45) is 0 Å². The second-order valence-electron chi connectivity index (χ2n) is 6.04. The molecule has 3 aromatic rings. The summed E-state index contributed by atoms with van der Waals surface area (Å²) >= 11 is 0. The lowest BCUT2D eigenvalue weighted by atomic mass is 9.98. The van der Waals surface area contributed by atoms with Crippen molar-refractivity contribution >= 4 is 11.6 Å². The van der Waals surface area contributed by atoms with Gasteiger partial charge in [-0.15, -0.1) is 0 Å². The molecule has 0 atom stereocenters. The van der Waals surface area contributed by atoms with Gasteiger partial charge in [-0.25, -0.2) is 0 Å². The minimum absolute atomic E-state index is 0.0254. The van der Waals surface area contributed by atoms with E-state index in [0.717, 1.165) is 5.56 Å². The number of aromatic nitrogens is 2. The molecule has 0 spiro atoms. The first-order valence-corrected chi connectivity index (χ1v) is 8.04. The Morgan fingerprint density at radius 2 is 1.92 bits per heavy atom. The van der Waals surface area contributed by atoms with E-state index in [1.807, 2.05) is 30.3 Å². The smallest absolute Gasteiger partial charge is 0.270 e. The van der Waals surface area contributed by atoms with Gasteiger partial charge in [-0.3, -0.25) is 14.9 Å². The molecule has 0 unspecified atom stereocenters. The second-order valence-corrected chi connectivity index (χ2v) is 6.04. The maximum absolute atomic E-state index is 12.4. The quantitative estimate of drug-likeness (QED) is 0.529. The van der Waals surface area contributed by atoms with E-state index in [4.69, 9.17) is 4.52 Å². The number of benzene rings is 2. The molecule has 0 aliphatic carbocycles. The largest absolute Gasteiger partial charge is 0.339 e. The average molecular weight is 350 g/mol. The summed E-state index contributed by atoms with van der Waals surface area (Å²) in [5.74, 6) is 0.742. The Labute approximate surface area is 148 Å². The van der Waals surface area contributed by atoms with Crippen molar-refractivity contribution in [1.82, 2.24) is 15.0 Å². The van der Waals surface area contributed by atoms with Crippen molar-refractivity contribution in [3.05, 3.63) is 76.2 Å². The Balaban J connectivity index is 1.43. The number of nitro benzene ring substituents is 1. The number of carbonyl (C=O) groups excluding carboxylic acids is 1. The third-order valence-corrected chi connectivity index (χ3v) is 4.30. The van der Waals surface area contributed by atoms with Gasteiger partial charge < -0.3 is 9.42 Å². The van der Waals surface area contributed by atoms with Crippen molar-refractivity contribution in [3.63, 3.8) is 0 Å². The topological polar surface area (TPSA) is 102 Å². The van der Waals surface area contributed by atoms with Gasteiger partial charge in [0.15, 0.2) is 0 Å². The molecular weight excluding hydrogens is 336 g/mol. The van der Waals surface area contributed by atoms with E-state index < -0.39 is 4.92 Å². The van der Waals surface area contributed by atoms with Crippen LogP contribution in [0.2, 0.25) is 0 Å². The van der Waals surface area contributed by atoms with Gasteiger partial charge in [0.25, 0.3) is 11.6 Å². The van der Waals surface area contributed by atoms with E-state index in [1.54, 1.807) is 11.0 Å². The zero-order chi connectivity index (χ0) is 18.1. The van der Waals surface area contributed by atoms with Gasteiger partial charge in [0.1, 0.15) is 0 Å². The normalized spacial score (nSPS) is 14.1. The Hall–Kier alpha value is -3.55. The monoisotopic (exact) mass is 350 g/mol. The minimum atomic E-state index is -0.515. The fraction of sp³-hybridized carbons (Fsp3) is 0.167. The number of hydrogen-bond donors (Lipinski definition) is 0. The van der Waals surface area contributed by atoms with E-state index in [0.29, 0.717) is 30.4 Å². The molecule has 4 rings (SSSR count). The first-order chi connectivity index (χ1) is 12.6. The number of likely N-dealkylation sites (tertiary alicyclic amines) is 1. The number of amides is 1. The number of hydrogen-bond acceptors (Lipinski definition) is 6. The van der Waals surface area contributed by atoms with Crippen molar-refractivity contribution in [1.29, 1.82) is 0 Å². The van der Waals surface area contributed by atoms with E-state index >= 15 is 0 Å². The standard InChI is InChI=1S/C18H14N4O4/c23-18(13-7-4-8-15(9-13)22(24)25)21-10-14(11-21)17-19-16(20-26-17)12-5-2-1-3-6-12/h1-9,14H,10-11H2. The maximum Gasteiger partial charge on any atom is 0.270 e. The van der Waals surface area contributed by atoms with Gasteiger partial charge >= 0.3 is 0 Å². The van der Waals surface area contributed by atoms with Crippen LogP contribution in [0.3, 0.4) is 0 Å². The molecule has 26 heavy (non-hydrogen) atoms. The van der Waals surface area contributed by atoms with E-state index in [2.05, 4.69) is 10.1 Å². The van der Waals surface area contributed by atoms with Gasteiger partial charge in [0.05, 0.1) is 10.8 Å². The summed E-state index contributed by atoms with van der Waals surface area (Å²) in [4.78, 5) is 28.8. The third-order valence-electron chi connectivity index (χ3n) is 4.30. The lowest BCUT2D eigenvalue weighted by Crippen LogP contribution is -2.48. The van der Waals surface area contributed by atoms with Crippen molar-refractivity contribution < 1.29 is 14.2 Å². The molecule has 0 saturated carbocycles. The fourth-order valence-corrected chi connectivity index (χ4v) is 2.84. The van der Waals surface area contributed by atoms with Gasteiger partial charge in [0, 0.05) is 36.3 Å². The molecule has 0 bridgehead atoms. The van der Waals surface area contributed by atoms with Crippen LogP contribution in [-0.4, -0.2) is 39.0 Å². The molecule has 1 amide bonds. The van der Waals surface area contributed by atoms with Crippen molar-refractivity contribution in [2.45, 2.75) is 5.92 Å². The van der Waals surface area contributed by atoms with E-state index in [9.17, 15) is 14.9 Å². The Morgan fingerprint density at radius 1 is 1.15 bits per heavy atom. The Kier molecular flexibility index (Phi) is 3.92. The van der Waals surface area contributed by atoms with Crippen LogP contribution in [0.25, 0.3) is 11.4 Å². The van der Waals surface area contributed by atoms with Gasteiger partial charge in [-0.1, -0.05) is 41.6 Å². The molecule has 1 aromatic heterocycles. The average Bonchev–Trinajstić information content (AvgIpc) is 3.11. The van der Waals surface area contributed by atoms with Crippen LogP contribution >= 0.6 is 0 Å². The summed E-state index contributed by atoms with van der Waals surface area (Å²) < 4.78 is 5.32. The van der Waals surface area contributed by atoms with Crippen molar-refractivity contribution in [3.8, 4) is 11.4 Å². The molecule has 1 aliphatic heterocycles. The first kappa shape index (κ1) is 15.9. The molecule has 8 nitrogen and oxygen atoms in total. The molecule has 130 valence electrons. The molecule has 1 fully saturated rings. The van der Waals surface area contributed by atoms with Crippen molar-refractivity contribution in [2.75, 3.05) is 13.1 Å². The maximum atomic E-state index is 12.4. The summed E-state index contributed by atoms with van der Waals surface area (Å²) in [6.07, 6.45) is 0. The number of nitro groups is 1. The highest BCUT2D eigenvalue weighted by molar-refractivity contribution is 5.95. The van der Waals surface area contributed by atoms with Crippen LogP contribution in [0.15, 0.2) is 59.1 Å². The lowest BCUT2D eigenvalue weighted by Gasteiger charge is -2.37. The van der Waals surface area contributed by atoms with Crippen LogP contribution in [0.1, 0.15) is 22.2 Å². The molecule has 1 aliphatic rings.